The summed E-state index contributed by atoms with van der Waals surface area (Å²) in [5.74, 6) is -0.121. The van der Waals surface area contributed by atoms with E-state index in [1.807, 2.05) is 60.8 Å². The maximum absolute atomic E-state index is 11.7. The van der Waals surface area contributed by atoms with Gasteiger partial charge in [0.05, 0.1) is 12.4 Å². The SMILES string of the molecule is CC(C)Oc1ccc(C(C(=O)O)N(C)CCn2ccnc2)cc1. The largest absolute Gasteiger partial charge is 0.491 e. The normalized spacial score (nSPS) is 12.6. The standard InChI is InChI=1S/C17H23N3O3/c1-13(2)23-15-6-4-14(5-7-15)16(17(21)22)19(3)10-11-20-9-8-18-12-20/h4-9,12-13,16H,10-11H2,1-3H3,(H,21,22). The van der Waals surface area contributed by atoms with Gasteiger partial charge in [-0.2, -0.15) is 0 Å². The molecule has 2 aromatic rings. The first-order chi connectivity index (χ1) is 11.0. The van der Waals surface area contributed by atoms with E-state index in [4.69, 9.17) is 4.74 Å². The molecule has 1 heterocycles. The summed E-state index contributed by atoms with van der Waals surface area (Å²) in [5.41, 5.74) is 0.738. The Balaban J connectivity index is 2.06. The molecule has 0 aliphatic rings. The molecule has 124 valence electrons. The topological polar surface area (TPSA) is 67.6 Å². The van der Waals surface area contributed by atoms with Gasteiger partial charge in [-0.1, -0.05) is 12.1 Å². The number of carbonyl (C=O) groups is 1. The lowest BCUT2D eigenvalue weighted by molar-refractivity contribution is -0.143. The van der Waals surface area contributed by atoms with E-state index < -0.39 is 12.0 Å². The van der Waals surface area contributed by atoms with Crippen molar-refractivity contribution in [1.82, 2.24) is 14.5 Å². The molecule has 0 bridgehead atoms. The second-order valence-electron chi connectivity index (χ2n) is 5.76. The molecule has 0 radical (unpaired) electrons. The summed E-state index contributed by atoms with van der Waals surface area (Å²) in [7, 11) is 1.81. The number of ether oxygens (including phenoxy) is 1. The van der Waals surface area contributed by atoms with Crippen LogP contribution in [0.25, 0.3) is 0 Å². The van der Waals surface area contributed by atoms with Crippen molar-refractivity contribution in [2.75, 3.05) is 13.6 Å². The molecule has 1 aromatic carbocycles. The van der Waals surface area contributed by atoms with Crippen LogP contribution in [0.5, 0.6) is 5.75 Å². The van der Waals surface area contributed by atoms with Crippen LogP contribution in [0.4, 0.5) is 0 Å². The van der Waals surface area contributed by atoms with Crippen LogP contribution in [0.15, 0.2) is 43.0 Å². The highest BCUT2D eigenvalue weighted by molar-refractivity contribution is 5.75. The molecule has 6 heteroatoms. The van der Waals surface area contributed by atoms with Gasteiger partial charge in [0.25, 0.3) is 0 Å². The number of aliphatic carboxylic acids is 1. The zero-order valence-corrected chi connectivity index (χ0v) is 13.7. The maximum atomic E-state index is 11.7. The summed E-state index contributed by atoms with van der Waals surface area (Å²) in [6, 6.07) is 6.56. The fourth-order valence-electron chi connectivity index (χ4n) is 2.41. The molecule has 0 saturated carbocycles. The van der Waals surface area contributed by atoms with E-state index in [9.17, 15) is 9.90 Å². The van der Waals surface area contributed by atoms with Crippen LogP contribution in [-0.4, -0.2) is 45.2 Å². The highest BCUT2D eigenvalue weighted by Gasteiger charge is 2.24. The summed E-state index contributed by atoms with van der Waals surface area (Å²) in [5, 5.41) is 9.58. The second-order valence-corrected chi connectivity index (χ2v) is 5.76. The van der Waals surface area contributed by atoms with Crippen molar-refractivity contribution in [2.45, 2.75) is 32.5 Å². The van der Waals surface area contributed by atoms with Crippen LogP contribution in [0.1, 0.15) is 25.5 Å². The van der Waals surface area contributed by atoms with Gasteiger partial charge in [-0.15, -0.1) is 0 Å². The minimum Gasteiger partial charge on any atom is -0.491 e. The van der Waals surface area contributed by atoms with Gasteiger partial charge >= 0.3 is 5.97 Å². The lowest BCUT2D eigenvalue weighted by Gasteiger charge is -2.25. The number of benzene rings is 1. The number of likely N-dealkylation sites (N-methyl/N-ethyl adjacent to an activating group) is 1. The average Bonchev–Trinajstić information content (AvgIpc) is 2.99. The summed E-state index contributed by atoms with van der Waals surface area (Å²) < 4.78 is 7.52. The molecular formula is C17H23N3O3. The minimum atomic E-state index is -0.865. The molecule has 1 unspecified atom stereocenters. The molecule has 0 aliphatic heterocycles. The first kappa shape index (κ1) is 17.0. The van der Waals surface area contributed by atoms with Gasteiger partial charge in [-0.3, -0.25) is 9.69 Å². The maximum Gasteiger partial charge on any atom is 0.325 e. The van der Waals surface area contributed by atoms with Crippen molar-refractivity contribution >= 4 is 5.97 Å². The zero-order valence-electron chi connectivity index (χ0n) is 13.7. The van der Waals surface area contributed by atoms with Crippen LogP contribution >= 0.6 is 0 Å². The monoisotopic (exact) mass is 317 g/mol. The third-order valence-corrected chi connectivity index (χ3v) is 3.51. The Kier molecular flexibility index (Phi) is 5.76. The fraction of sp³-hybridized carbons (Fsp3) is 0.412. The van der Waals surface area contributed by atoms with Gasteiger partial charge in [0.2, 0.25) is 0 Å². The lowest BCUT2D eigenvalue weighted by atomic mass is 10.1. The average molecular weight is 317 g/mol. The molecule has 23 heavy (non-hydrogen) atoms. The molecule has 0 aliphatic carbocycles. The van der Waals surface area contributed by atoms with Gasteiger partial charge in [-0.05, 0) is 38.6 Å². The van der Waals surface area contributed by atoms with Crippen molar-refractivity contribution in [3.8, 4) is 5.75 Å². The molecule has 1 N–H and O–H groups in total. The number of imidazole rings is 1. The smallest absolute Gasteiger partial charge is 0.325 e. The molecule has 1 atom stereocenters. The Bertz CT molecular complexity index is 609. The quantitative estimate of drug-likeness (QED) is 0.810. The number of aromatic nitrogens is 2. The first-order valence-corrected chi connectivity index (χ1v) is 7.62. The zero-order chi connectivity index (χ0) is 16.8. The third kappa shape index (κ3) is 4.82. The Labute approximate surface area is 136 Å². The molecule has 1 aromatic heterocycles. The number of hydrogen-bond acceptors (Lipinski definition) is 4. The molecule has 0 amide bonds. The molecule has 0 fully saturated rings. The Morgan fingerprint density at radius 1 is 1.35 bits per heavy atom. The van der Waals surface area contributed by atoms with Crippen LogP contribution in [0.3, 0.4) is 0 Å². The predicted molar refractivity (Wildman–Crippen MR) is 87.4 cm³/mol. The summed E-state index contributed by atoms with van der Waals surface area (Å²) in [6.45, 7) is 5.21. The van der Waals surface area contributed by atoms with Crippen LogP contribution in [0.2, 0.25) is 0 Å². The van der Waals surface area contributed by atoms with Crippen molar-refractivity contribution in [2.24, 2.45) is 0 Å². The van der Waals surface area contributed by atoms with Gasteiger partial charge in [-0.25, -0.2) is 4.98 Å². The minimum absolute atomic E-state index is 0.0916. The molecule has 0 saturated heterocycles. The van der Waals surface area contributed by atoms with E-state index in [0.29, 0.717) is 13.1 Å². The third-order valence-electron chi connectivity index (χ3n) is 3.51. The van der Waals surface area contributed by atoms with Crippen molar-refractivity contribution in [1.29, 1.82) is 0 Å². The molecule has 0 spiro atoms. The van der Waals surface area contributed by atoms with E-state index in [1.54, 1.807) is 12.5 Å². The van der Waals surface area contributed by atoms with Crippen molar-refractivity contribution in [3.63, 3.8) is 0 Å². The number of nitrogens with zero attached hydrogens (tertiary/aromatic N) is 3. The van der Waals surface area contributed by atoms with Gasteiger partial charge in [0, 0.05) is 25.5 Å². The van der Waals surface area contributed by atoms with E-state index in [2.05, 4.69) is 4.98 Å². The number of carboxylic acid groups (broad SMARTS) is 1. The fourth-order valence-corrected chi connectivity index (χ4v) is 2.41. The van der Waals surface area contributed by atoms with E-state index in [-0.39, 0.29) is 6.10 Å². The number of hydrogen-bond donors (Lipinski definition) is 1. The summed E-state index contributed by atoms with van der Waals surface area (Å²) in [6.07, 6.45) is 5.39. The van der Waals surface area contributed by atoms with Crippen molar-refractivity contribution < 1.29 is 14.6 Å². The second kappa shape index (κ2) is 7.78. The summed E-state index contributed by atoms with van der Waals surface area (Å²) in [4.78, 5) is 17.5. The van der Waals surface area contributed by atoms with Crippen LogP contribution in [0, 0.1) is 0 Å². The van der Waals surface area contributed by atoms with Crippen LogP contribution in [-0.2, 0) is 11.3 Å². The van der Waals surface area contributed by atoms with Gasteiger partial charge in [0.15, 0.2) is 0 Å². The highest BCUT2D eigenvalue weighted by Crippen LogP contribution is 2.23. The number of rotatable bonds is 8. The highest BCUT2D eigenvalue weighted by atomic mass is 16.5. The van der Waals surface area contributed by atoms with E-state index in [1.165, 1.54) is 0 Å². The van der Waals surface area contributed by atoms with Crippen molar-refractivity contribution in [3.05, 3.63) is 48.5 Å². The predicted octanol–water partition coefficient (Wildman–Crippen LogP) is 2.43. The van der Waals surface area contributed by atoms with Crippen LogP contribution < -0.4 is 4.74 Å². The van der Waals surface area contributed by atoms with E-state index >= 15 is 0 Å². The van der Waals surface area contributed by atoms with Gasteiger partial charge in [0.1, 0.15) is 11.8 Å². The Morgan fingerprint density at radius 3 is 2.57 bits per heavy atom. The Hall–Kier alpha value is -2.34. The Morgan fingerprint density at radius 2 is 2.04 bits per heavy atom. The first-order valence-electron chi connectivity index (χ1n) is 7.62. The van der Waals surface area contributed by atoms with E-state index in [0.717, 1.165) is 11.3 Å². The lowest BCUT2D eigenvalue weighted by Crippen LogP contribution is -2.33. The molecule has 2 rings (SSSR count). The van der Waals surface area contributed by atoms with Gasteiger partial charge < -0.3 is 14.4 Å². The number of carboxylic acids is 1. The molecular weight excluding hydrogens is 294 g/mol. The molecule has 6 nitrogen and oxygen atoms in total. The summed E-state index contributed by atoms with van der Waals surface area (Å²) >= 11 is 0.